The minimum absolute atomic E-state index is 0.136. The number of hydrogen-bond acceptors (Lipinski definition) is 6. The van der Waals surface area contributed by atoms with Crippen molar-refractivity contribution < 1.29 is 55.7 Å². The summed E-state index contributed by atoms with van der Waals surface area (Å²) in [5.74, 6) is -3.78. The lowest BCUT2D eigenvalue weighted by atomic mass is 9.81. The number of rotatable bonds is 5. The molecule has 3 fully saturated rings. The lowest BCUT2D eigenvalue weighted by Crippen LogP contribution is -2.38. The Bertz CT molecular complexity index is 917. The summed E-state index contributed by atoms with van der Waals surface area (Å²) in [6.45, 7) is 4.51. The third-order valence-electron chi connectivity index (χ3n) is 6.78. The molecule has 0 bridgehead atoms. The maximum absolute atomic E-state index is 12.4. The van der Waals surface area contributed by atoms with Crippen molar-refractivity contribution in [2.45, 2.75) is 57.0 Å². The molecule has 1 aliphatic carbocycles. The molecule has 3 atom stereocenters. The van der Waals surface area contributed by atoms with Crippen LogP contribution in [-0.4, -0.2) is 82.6 Å². The van der Waals surface area contributed by atoms with Gasteiger partial charge in [-0.25, -0.2) is 9.59 Å². The third-order valence-corrected chi connectivity index (χ3v) is 6.78. The van der Waals surface area contributed by atoms with E-state index in [0.717, 1.165) is 24.8 Å². The van der Waals surface area contributed by atoms with E-state index < -0.39 is 24.3 Å². The number of carboxylic acid groups (broad SMARTS) is 2. The number of carboxylic acids is 2. The molecule has 0 radical (unpaired) electrons. The first-order valence-corrected chi connectivity index (χ1v) is 12.3. The molecule has 1 amide bonds. The highest BCUT2D eigenvalue weighted by molar-refractivity contribution is 5.76. The van der Waals surface area contributed by atoms with Crippen LogP contribution in [0.4, 0.5) is 26.3 Å². The summed E-state index contributed by atoms with van der Waals surface area (Å²) < 4.78 is 69.3. The molecule has 15 heteroatoms. The van der Waals surface area contributed by atoms with Crippen LogP contribution in [0.1, 0.15) is 37.7 Å². The van der Waals surface area contributed by atoms with Crippen molar-refractivity contribution >= 4 is 17.8 Å². The Morgan fingerprint density at radius 3 is 2.10 bits per heavy atom. The minimum atomic E-state index is -5.08. The number of aromatic nitrogens is 1. The average Bonchev–Trinajstić information content (AvgIpc) is 3.54. The number of carbonyl (C=O) groups excluding carboxylic acids is 1. The number of ether oxygens (including phenoxy) is 1. The van der Waals surface area contributed by atoms with Gasteiger partial charge in [0.05, 0.1) is 13.2 Å². The van der Waals surface area contributed by atoms with Crippen LogP contribution >= 0.6 is 0 Å². The molecule has 3 heterocycles. The first kappa shape index (κ1) is 32.3. The maximum atomic E-state index is 12.4. The van der Waals surface area contributed by atoms with Crippen LogP contribution in [0.2, 0.25) is 0 Å². The van der Waals surface area contributed by atoms with Gasteiger partial charge in [0, 0.05) is 44.5 Å². The number of pyridine rings is 1. The van der Waals surface area contributed by atoms with Crippen molar-refractivity contribution in [3.05, 3.63) is 30.1 Å². The Balaban J connectivity index is 0.000000317. The molecule has 1 aromatic heterocycles. The predicted octanol–water partition coefficient (Wildman–Crippen LogP) is 3.49. The van der Waals surface area contributed by atoms with Gasteiger partial charge in [0.1, 0.15) is 0 Å². The summed E-state index contributed by atoms with van der Waals surface area (Å²) in [6.07, 6.45) is -0.551. The van der Waals surface area contributed by atoms with E-state index in [9.17, 15) is 31.1 Å². The Morgan fingerprint density at radius 1 is 1.00 bits per heavy atom. The molecule has 0 spiro atoms. The van der Waals surface area contributed by atoms with Crippen molar-refractivity contribution in [3.8, 4) is 0 Å². The van der Waals surface area contributed by atoms with E-state index in [-0.39, 0.29) is 5.91 Å². The van der Waals surface area contributed by atoms with Gasteiger partial charge >= 0.3 is 24.3 Å². The zero-order valence-corrected chi connectivity index (χ0v) is 20.9. The summed E-state index contributed by atoms with van der Waals surface area (Å²) in [5.41, 5.74) is 1.04. The van der Waals surface area contributed by atoms with Gasteiger partial charge in [-0.3, -0.25) is 14.7 Å². The van der Waals surface area contributed by atoms with Gasteiger partial charge in [-0.15, -0.1) is 0 Å². The van der Waals surface area contributed by atoms with Crippen LogP contribution in [0.3, 0.4) is 0 Å². The van der Waals surface area contributed by atoms with Gasteiger partial charge in [-0.1, -0.05) is 18.9 Å². The van der Waals surface area contributed by atoms with Crippen LogP contribution in [-0.2, 0) is 25.7 Å². The van der Waals surface area contributed by atoms with Crippen LogP contribution in [0, 0.1) is 17.8 Å². The SMILES string of the molecule is O=C(C[C@@H]1COC[C@H]2CN(C3CCCC3)C[C@@H]12)NCc1cccnc1.O=C(O)C(F)(F)F.O=C(O)C(F)(F)F. The number of likely N-dealkylation sites (tertiary alicyclic amines) is 1. The molecule has 3 aliphatic rings. The van der Waals surface area contributed by atoms with Crippen molar-refractivity contribution in [3.63, 3.8) is 0 Å². The number of halogens is 6. The fraction of sp³-hybridized carbons (Fsp3) is 0.667. The number of hydrogen-bond donors (Lipinski definition) is 3. The molecule has 39 heavy (non-hydrogen) atoms. The highest BCUT2D eigenvalue weighted by Gasteiger charge is 2.43. The molecule has 0 aromatic carbocycles. The summed E-state index contributed by atoms with van der Waals surface area (Å²) in [7, 11) is 0. The molecule has 1 saturated carbocycles. The van der Waals surface area contributed by atoms with Crippen LogP contribution < -0.4 is 5.32 Å². The van der Waals surface area contributed by atoms with E-state index in [1.165, 1.54) is 38.8 Å². The normalized spacial score (nSPS) is 23.5. The largest absolute Gasteiger partial charge is 0.490 e. The molecule has 9 nitrogen and oxygen atoms in total. The average molecular weight is 572 g/mol. The fourth-order valence-corrected chi connectivity index (χ4v) is 4.93. The van der Waals surface area contributed by atoms with Crippen molar-refractivity contribution in [1.82, 2.24) is 15.2 Å². The summed E-state index contributed by atoms with van der Waals surface area (Å²) in [5, 5.41) is 17.3. The van der Waals surface area contributed by atoms with Gasteiger partial charge < -0.3 is 20.3 Å². The Labute approximate surface area is 220 Å². The minimum Gasteiger partial charge on any atom is -0.475 e. The first-order valence-electron chi connectivity index (χ1n) is 12.3. The zero-order valence-electron chi connectivity index (χ0n) is 20.9. The topological polar surface area (TPSA) is 129 Å². The lowest BCUT2D eigenvalue weighted by molar-refractivity contribution is -0.193. The second-order valence-electron chi connectivity index (χ2n) is 9.56. The zero-order chi connectivity index (χ0) is 29.2. The van der Waals surface area contributed by atoms with Gasteiger partial charge in [-0.05, 0) is 42.2 Å². The van der Waals surface area contributed by atoms with Gasteiger partial charge in [0.2, 0.25) is 5.91 Å². The van der Waals surface area contributed by atoms with Gasteiger partial charge in [0.15, 0.2) is 0 Å². The highest BCUT2D eigenvalue weighted by atomic mass is 19.4. The molecule has 2 aliphatic heterocycles. The fourth-order valence-electron chi connectivity index (χ4n) is 4.93. The van der Waals surface area contributed by atoms with E-state index in [4.69, 9.17) is 24.5 Å². The van der Waals surface area contributed by atoms with E-state index >= 15 is 0 Å². The second kappa shape index (κ2) is 14.4. The number of amides is 1. The van der Waals surface area contributed by atoms with E-state index in [1.807, 2.05) is 12.1 Å². The molecule has 1 aromatic rings. The molecule has 220 valence electrons. The summed E-state index contributed by atoms with van der Waals surface area (Å²) in [4.78, 5) is 37.0. The Morgan fingerprint density at radius 2 is 1.59 bits per heavy atom. The third kappa shape index (κ3) is 11.0. The van der Waals surface area contributed by atoms with E-state index in [1.54, 1.807) is 12.4 Å². The predicted molar refractivity (Wildman–Crippen MR) is 123 cm³/mol. The van der Waals surface area contributed by atoms with Crippen LogP contribution in [0.25, 0.3) is 0 Å². The molecule has 2 saturated heterocycles. The molecular formula is C24H31F6N3O6. The monoisotopic (exact) mass is 571 g/mol. The van der Waals surface area contributed by atoms with E-state index in [2.05, 4.69) is 15.2 Å². The van der Waals surface area contributed by atoms with Crippen molar-refractivity contribution in [1.29, 1.82) is 0 Å². The quantitative estimate of drug-likeness (QED) is 0.459. The highest BCUT2D eigenvalue weighted by Crippen LogP contribution is 2.38. The lowest BCUT2D eigenvalue weighted by Gasteiger charge is -2.32. The number of alkyl halides is 6. The molecule has 4 rings (SSSR count). The Kier molecular flexibility index (Phi) is 12.0. The summed E-state index contributed by atoms with van der Waals surface area (Å²) in [6, 6.07) is 4.67. The maximum Gasteiger partial charge on any atom is 0.490 e. The number of aliphatic carboxylic acids is 2. The molecular weight excluding hydrogens is 540 g/mol. The first-order chi connectivity index (χ1) is 18.2. The van der Waals surface area contributed by atoms with Crippen molar-refractivity contribution in [2.75, 3.05) is 26.3 Å². The van der Waals surface area contributed by atoms with Crippen LogP contribution in [0.15, 0.2) is 24.5 Å². The van der Waals surface area contributed by atoms with E-state index in [0.29, 0.717) is 30.7 Å². The molecule has 3 N–H and O–H groups in total. The summed E-state index contributed by atoms with van der Waals surface area (Å²) >= 11 is 0. The van der Waals surface area contributed by atoms with Gasteiger partial charge in [-0.2, -0.15) is 26.3 Å². The van der Waals surface area contributed by atoms with Crippen molar-refractivity contribution in [2.24, 2.45) is 17.8 Å². The number of fused-ring (bicyclic) bond motifs is 1. The van der Waals surface area contributed by atoms with Gasteiger partial charge in [0.25, 0.3) is 0 Å². The number of nitrogens with one attached hydrogen (secondary N) is 1. The van der Waals surface area contributed by atoms with Crippen LogP contribution in [0.5, 0.6) is 0 Å². The smallest absolute Gasteiger partial charge is 0.475 e. The standard InChI is InChI=1S/C20H29N3O2.2C2HF3O2/c24-20(22-10-15-4-3-7-21-9-15)8-16-13-25-14-17-11-23(12-19(16)17)18-5-1-2-6-18;2*3-2(4,5)1(6)7/h3-4,7,9,16-19H,1-2,5-6,8,10-14H2,(H,22,24);2*(H,6,7)/t16-,17-,19+;;/m1../s1. The molecule has 0 unspecified atom stereocenters. The Hall–Kier alpha value is -2.94. The number of nitrogens with zero attached hydrogens (tertiary/aromatic N) is 2. The second-order valence-corrected chi connectivity index (χ2v) is 9.56. The number of carbonyl (C=O) groups is 3.